The number of carbonyl (C=O) groups is 1. The van der Waals surface area contributed by atoms with Gasteiger partial charge in [0.25, 0.3) is 0 Å². The highest BCUT2D eigenvalue weighted by molar-refractivity contribution is 5.79. The van der Waals surface area contributed by atoms with Crippen LogP contribution in [-0.2, 0) is 23.7 Å². The average molecular weight is 797 g/mol. The Morgan fingerprint density at radius 2 is 1.30 bits per heavy atom. The zero-order chi connectivity index (χ0) is 41.0. The van der Waals surface area contributed by atoms with Gasteiger partial charge in [0.15, 0.2) is 6.29 Å². The van der Waals surface area contributed by atoms with Gasteiger partial charge in [-0.3, -0.25) is 4.79 Å². The van der Waals surface area contributed by atoms with Crippen molar-refractivity contribution in [3.63, 3.8) is 0 Å². The Hall–Kier alpha value is -1.27. The van der Waals surface area contributed by atoms with Gasteiger partial charge in [0.1, 0.15) is 48.8 Å². The van der Waals surface area contributed by atoms with E-state index < -0.39 is 91.4 Å². The zero-order valence-electron chi connectivity index (χ0n) is 33.9. The van der Waals surface area contributed by atoms with Crippen molar-refractivity contribution in [1.29, 1.82) is 0 Å². The van der Waals surface area contributed by atoms with E-state index in [2.05, 4.69) is 47.6 Å². The molecule has 0 amide bonds. The van der Waals surface area contributed by atoms with Crippen molar-refractivity contribution in [1.82, 2.24) is 0 Å². The monoisotopic (exact) mass is 796 g/mol. The lowest BCUT2D eigenvalue weighted by Gasteiger charge is -2.71. The lowest BCUT2D eigenvalue weighted by molar-refractivity contribution is -0.308. The largest absolute Gasteiger partial charge is 0.432 e. The fraction of sp³-hybridized carbons (Fsp3) is 0.929. The fourth-order valence-electron chi connectivity index (χ4n) is 13.5. The van der Waals surface area contributed by atoms with Crippen molar-refractivity contribution in [2.24, 2.45) is 50.2 Å². The first-order valence-electron chi connectivity index (χ1n) is 21.0. The van der Waals surface area contributed by atoms with Gasteiger partial charge >= 0.3 is 5.97 Å². The van der Waals surface area contributed by atoms with E-state index in [0.717, 1.165) is 38.5 Å². The second-order valence-electron chi connectivity index (χ2n) is 20.5. The smallest absolute Gasteiger partial charge is 0.315 e. The van der Waals surface area contributed by atoms with Gasteiger partial charge in [0.05, 0.1) is 31.3 Å². The number of aliphatic hydroxyl groups excluding tert-OH is 9. The van der Waals surface area contributed by atoms with Gasteiger partial charge in [-0.2, -0.15) is 0 Å². The Morgan fingerprint density at radius 3 is 1.93 bits per heavy atom. The number of esters is 1. The molecule has 7 aliphatic rings. The molecule has 5 aliphatic carbocycles. The zero-order valence-corrected chi connectivity index (χ0v) is 33.9. The summed E-state index contributed by atoms with van der Waals surface area (Å²) < 4.78 is 23.5. The van der Waals surface area contributed by atoms with Crippen molar-refractivity contribution >= 4 is 5.97 Å². The highest BCUT2D eigenvalue weighted by atomic mass is 16.7. The average Bonchev–Trinajstić information content (AvgIpc) is 3.15. The summed E-state index contributed by atoms with van der Waals surface area (Å²) in [6.45, 7) is 12.6. The predicted octanol–water partition coefficient (Wildman–Crippen LogP) is 1.29. The molecule has 14 nitrogen and oxygen atoms in total. The number of fused-ring (bicyclic) bond motifs is 7. The van der Waals surface area contributed by atoms with E-state index in [-0.39, 0.29) is 40.3 Å². The molecular formula is C42H68O14. The van der Waals surface area contributed by atoms with Crippen LogP contribution in [-0.4, -0.2) is 139 Å². The van der Waals surface area contributed by atoms with Crippen LogP contribution in [0.25, 0.3) is 0 Å². The maximum Gasteiger partial charge on any atom is 0.315 e. The lowest BCUT2D eigenvalue weighted by atomic mass is 9.33. The number of hydrogen-bond acceptors (Lipinski definition) is 14. The Balaban J connectivity index is 1.22. The van der Waals surface area contributed by atoms with Gasteiger partial charge in [-0.15, -0.1) is 0 Å². The quantitative estimate of drug-likeness (QED) is 0.131. The second kappa shape index (κ2) is 14.7. The fourth-order valence-corrected chi connectivity index (χ4v) is 13.5. The minimum Gasteiger partial charge on any atom is -0.432 e. The molecule has 7 rings (SSSR count). The summed E-state index contributed by atoms with van der Waals surface area (Å²) >= 11 is 0. The minimum atomic E-state index is -1.73. The van der Waals surface area contributed by atoms with Crippen molar-refractivity contribution < 1.29 is 69.7 Å². The summed E-state index contributed by atoms with van der Waals surface area (Å²) in [4.78, 5) is 14.8. The molecule has 0 spiro atoms. The third-order valence-corrected chi connectivity index (χ3v) is 17.4. The maximum absolute atomic E-state index is 14.8. The summed E-state index contributed by atoms with van der Waals surface area (Å²) in [6.07, 6.45) is -5.76. The van der Waals surface area contributed by atoms with Crippen LogP contribution in [0.15, 0.2) is 11.6 Å². The predicted molar refractivity (Wildman–Crippen MR) is 199 cm³/mol. The van der Waals surface area contributed by atoms with E-state index in [1.54, 1.807) is 0 Å². The first kappa shape index (κ1) is 42.8. The highest BCUT2D eigenvalue weighted by Crippen LogP contribution is 2.76. The number of hydrogen-bond donors (Lipinski definition) is 9. The van der Waals surface area contributed by atoms with Gasteiger partial charge in [0.2, 0.25) is 6.29 Å². The van der Waals surface area contributed by atoms with E-state index in [4.69, 9.17) is 18.9 Å². The Kier molecular flexibility index (Phi) is 11.3. The van der Waals surface area contributed by atoms with Gasteiger partial charge in [-0.05, 0) is 109 Å². The molecule has 56 heavy (non-hydrogen) atoms. The molecular weight excluding hydrogens is 728 g/mol. The summed E-state index contributed by atoms with van der Waals surface area (Å²) in [7, 11) is 0. The van der Waals surface area contributed by atoms with E-state index in [1.165, 1.54) is 5.57 Å². The third-order valence-electron chi connectivity index (χ3n) is 17.4. The van der Waals surface area contributed by atoms with Gasteiger partial charge in [-0.1, -0.05) is 53.2 Å². The molecule has 2 saturated heterocycles. The number of allylic oxidation sites excluding steroid dienone is 2. The van der Waals surface area contributed by atoms with Crippen LogP contribution in [0.4, 0.5) is 0 Å². The van der Waals surface area contributed by atoms with Gasteiger partial charge in [-0.25, -0.2) is 0 Å². The lowest BCUT2D eigenvalue weighted by Crippen LogP contribution is -2.65. The minimum absolute atomic E-state index is 0.0116. The van der Waals surface area contributed by atoms with Crippen LogP contribution in [0, 0.1) is 50.2 Å². The van der Waals surface area contributed by atoms with Crippen LogP contribution in [0.2, 0.25) is 0 Å². The molecule has 0 radical (unpaired) electrons. The van der Waals surface area contributed by atoms with E-state index >= 15 is 0 Å². The van der Waals surface area contributed by atoms with Crippen molar-refractivity contribution in [3.8, 4) is 0 Å². The molecule has 6 fully saturated rings. The van der Waals surface area contributed by atoms with Crippen LogP contribution in [0.3, 0.4) is 0 Å². The Morgan fingerprint density at radius 1 is 0.714 bits per heavy atom. The summed E-state index contributed by atoms with van der Waals surface area (Å²) in [6, 6.07) is 0. The van der Waals surface area contributed by atoms with E-state index in [1.807, 2.05) is 0 Å². The third kappa shape index (κ3) is 6.29. The van der Waals surface area contributed by atoms with Crippen LogP contribution in [0.1, 0.15) is 106 Å². The van der Waals surface area contributed by atoms with Crippen LogP contribution in [0.5, 0.6) is 0 Å². The molecule has 4 saturated carbocycles. The first-order valence-corrected chi connectivity index (χ1v) is 21.0. The normalized spacial score (nSPS) is 54.1. The van der Waals surface area contributed by atoms with E-state index in [0.29, 0.717) is 37.5 Å². The molecule has 14 heteroatoms. The summed E-state index contributed by atoms with van der Waals surface area (Å²) in [5.41, 5.74) is -0.996. The molecule has 0 aromatic rings. The van der Waals surface area contributed by atoms with Crippen molar-refractivity contribution in [2.45, 2.75) is 173 Å². The SMILES string of the molecule is CC1(C)[C@@H](O)CC[C@]2(C)[C@H]3CC=C4[C@@H]5C[C@](C)(CO[C@@H]6O[C@H](CO)[C@@H](O)[C@H](O)[C@H]6O)CC[C@]5(C(=O)O[C@@H]5O[C@H](CO)[C@@H](O)[C@H](O)[C@H]5O)CC[C@@]4(C)[C@]3(C)CC[C@@H]12. The molecule has 0 aromatic carbocycles. The number of aliphatic hydroxyl groups is 9. The summed E-state index contributed by atoms with van der Waals surface area (Å²) in [5, 5.41) is 94.0. The van der Waals surface area contributed by atoms with Crippen molar-refractivity contribution in [2.75, 3.05) is 19.8 Å². The maximum atomic E-state index is 14.8. The standard InChI is InChI=1S/C42H68O14/c1-37(2)25-9-12-41(6)26(39(25,4)11-10-27(37)45)8-7-21-22-17-38(3,20-53-34-32(50)30(48)28(46)23(18-43)54-34)13-15-42(22,16-14-40(21,41)5)36(52)56-35-33(51)31(49)29(47)24(19-44)55-35/h7,22-35,43-51H,8-20H2,1-6H3/t22-,23+,24+,25-,26+,27-,28+,29+,30-,31-,32+,33+,34+,35-,38+,39-,40+,41+,42-/m0/s1. The molecule has 0 unspecified atom stereocenters. The molecule has 0 aromatic heterocycles. The van der Waals surface area contributed by atoms with Gasteiger partial charge in [0, 0.05) is 0 Å². The summed E-state index contributed by atoms with van der Waals surface area (Å²) in [5.74, 6) is -0.183. The first-order chi connectivity index (χ1) is 26.1. The van der Waals surface area contributed by atoms with Crippen LogP contribution >= 0.6 is 0 Å². The van der Waals surface area contributed by atoms with E-state index in [9.17, 15) is 50.8 Å². The number of ether oxygens (including phenoxy) is 4. The van der Waals surface area contributed by atoms with Gasteiger partial charge < -0.3 is 64.9 Å². The molecule has 320 valence electrons. The number of carbonyl (C=O) groups excluding carboxylic acids is 1. The van der Waals surface area contributed by atoms with Crippen molar-refractivity contribution in [3.05, 3.63) is 11.6 Å². The topological polar surface area (TPSA) is 236 Å². The highest BCUT2D eigenvalue weighted by Gasteiger charge is 2.70. The number of rotatable bonds is 7. The molecule has 19 atom stereocenters. The second-order valence-corrected chi connectivity index (χ2v) is 20.5. The Labute approximate surface area is 330 Å². The van der Waals surface area contributed by atoms with Crippen LogP contribution < -0.4 is 0 Å². The molecule has 9 N–H and O–H groups in total. The Bertz CT molecular complexity index is 1500. The molecule has 2 aliphatic heterocycles. The molecule has 0 bridgehead atoms. The molecule has 2 heterocycles.